The van der Waals surface area contributed by atoms with Crippen molar-refractivity contribution in [3.05, 3.63) is 260 Å². The van der Waals surface area contributed by atoms with Gasteiger partial charge in [-0.15, -0.1) is 22.7 Å². The van der Waals surface area contributed by atoms with Crippen LogP contribution >= 0.6 is 22.7 Å². The lowest BCUT2D eigenvalue weighted by atomic mass is 9.88. The number of nitrogens with zero attached hydrogens (tertiary/aromatic N) is 4. The molecule has 0 aliphatic heterocycles. The van der Waals surface area contributed by atoms with E-state index >= 15 is 0 Å². The molecular formula is C74H40N4OS2. The van der Waals surface area contributed by atoms with E-state index in [-0.39, 0.29) is 17.6 Å². The average Bonchev–Trinajstić information content (AvgIpc) is 1.53. The largest absolute Gasteiger partial charge is 0.455 e. The number of rotatable bonds is 6. The van der Waals surface area contributed by atoms with E-state index in [9.17, 15) is 14.6 Å². The number of furan rings is 1. The van der Waals surface area contributed by atoms with Gasteiger partial charge in [0.05, 0.1) is 61.8 Å². The van der Waals surface area contributed by atoms with E-state index < -0.39 is 18.1 Å². The summed E-state index contributed by atoms with van der Waals surface area (Å²) in [5.41, 5.74) is 12.0. The Hall–Kier alpha value is -10.5. The Morgan fingerprint density at radius 2 is 1.02 bits per heavy atom. The summed E-state index contributed by atoms with van der Waals surface area (Å²) < 4.78 is 59.4. The summed E-state index contributed by atoms with van der Waals surface area (Å²) in [4.78, 5) is 4.62. The van der Waals surface area contributed by atoms with Gasteiger partial charge >= 0.3 is 0 Å². The molecule has 374 valence electrons. The third-order valence-electron chi connectivity index (χ3n) is 16.3. The monoisotopic (exact) mass is 1070 g/mol. The molecule has 0 aliphatic carbocycles. The van der Waals surface area contributed by atoms with Gasteiger partial charge in [0.1, 0.15) is 17.2 Å². The molecule has 81 heavy (non-hydrogen) atoms. The quantitative estimate of drug-likeness (QED) is 0.156. The van der Waals surface area contributed by atoms with Gasteiger partial charge in [-0.05, 0) is 52.1 Å². The van der Waals surface area contributed by atoms with Crippen LogP contribution in [0.4, 0.5) is 5.69 Å². The van der Waals surface area contributed by atoms with Crippen LogP contribution in [0.1, 0.15) is 12.4 Å². The van der Waals surface area contributed by atoms with Gasteiger partial charge in [-0.1, -0.05) is 218 Å². The van der Waals surface area contributed by atoms with Gasteiger partial charge in [0, 0.05) is 80.0 Å². The molecule has 17 aromatic rings. The molecule has 12 aromatic carbocycles. The molecular weight excluding hydrogens is 1020 g/mol. The number of aromatic nitrogens is 2. The van der Waals surface area contributed by atoms with Gasteiger partial charge in [-0.25, -0.2) is 4.85 Å². The first kappa shape index (κ1) is 40.6. The van der Waals surface area contributed by atoms with Crippen LogP contribution in [0.3, 0.4) is 0 Å². The average molecular weight is 1070 g/mol. The summed E-state index contributed by atoms with van der Waals surface area (Å²) in [5.74, 6) is 0. The van der Waals surface area contributed by atoms with Crippen molar-refractivity contribution in [3.63, 3.8) is 0 Å². The predicted molar refractivity (Wildman–Crippen MR) is 341 cm³/mol. The Balaban J connectivity index is 1.10. The van der Waals surface area contributed by atoms with Gasteiger partial charge in [0.25, 0.3) is 0 Å². The molecule has 0 N–H and O–H groups in total. The molecule has 0 spiro atoms. The fourth-order valence-corrected chi connectivity index (χ4v) is 15.5. The summed E-state index contributed by atoms with van der Waals surface area (Å²) in [5, 5.41) is 22.3. The van der Waals surface area contributed by atoms with E-state index in [2.05, 4.69) is 141 Å². The van der Waals surface area contributed by atoms with Crippen LogP contribution in [-0.2, 0) is 0 Å². The molecule has 0 unspecified atom stereocenters. The van der Waals surface area contributed by atoms with Crippen LogP contribution in [0, 0.1) is 17.9 Å². The molecule has 5 aromatic heterocycles. The summed E-state index contributed by atoms with van der Waals surface area (Å²) in [6.07, 6.45) is 0. The second-order valence-corrected chi connectivity index (χ2v) is 22.5. The van der Waals surface area contributed by atoms with Crippen LogP contribution in [0.25, 0.3) is 167 Å². The van der Waals surface area contributed by atoms with E-state index in [0.717, 1.165) is 123 Å². The molecule has 5 nitrogen and oxygen atoms in total. The molecule has 0 atom stereocenters. The van der Waals surface area contributed by atoms with E-state index in [1.165, 1.54) is 11.3 Å². The summed E-state index contributed by atoms with van der Waals surface area (Å²) in [6, 6.07) is 73.2. The minimum Gasteiger partial charge on any atom is -0.455 e. The Morgan fingerprint density at radius 1 is 0.444 bits per heavy atom. The lowest BCUT2D eigenvalue weighted by Gasteiger charge is -2.26. The van der Waals surface area contributed by atoms with Crippen molar-refractivity contribution in [2.75, 3.05) is 0 Å². The molecule has 0 amide bonds. The number of benzene rings is 12. The first-order chi connectivity index (χ1) is 42.2. The fraction of sp³-hybridized carbons (Fsp3) is 0. The minimum atomic E-state index is -0.450. The smallest absolute Gasteiger partial charge is 0.220 e. The first-order valence-electron chi connectivity index (χ1n) is 29.1. The SMILES string of the molecule is [2H]c1c([2H])c([2H])c(-c2cccc3c2sc2c3ccc3c4ccc5c6ccccc6sc5c4n(-c4c(C#N)c(-c5ccccc5)c([N+]#[C-])c(-n5c6ccccc6c6ccc(-c7cccc8c7oc7ccccc78)cc65)c4-c4ccccc4)c32)c([2H])c1[2H]. The molecule has 0 saturated carbocycles. The van der Waals surface area contributed by atoms with Crippen molar-refractivity contribution in [1.82, 2.24) is 9.13 Å². The zero-order valence-electron chi connectivity index (χ0n) is 47.7. The Bertz CT molecular complexity index is 5910. The van der Waals surface area contributed by atoms with Crippen molar-refractivity contribution in [2.45, 2.75) is 0 Å². The van der Waals surface area contributed by atoms with Crippen LogP contribution in [0.2, 0.25) is 0 Å². The number of nitriles is 1. The van der Waals surface area contributed by atoms with Gasteiger partial charge in [0.2, 0.25) is 5.69 Å². The summed E-state index contributed by atoms with van der Waals surface area (Å²) in [7, 11) is 0. The standard InChI is InChI=1S/C74H40N4OS2/c1-76-66-64(44-21-7-3-8-22-44)59(42-75)67(78-68-53(37-39-57-52-27-13-16-34-63(52)80-73(57)68)54-38-40-58-56-31-18-29-48(43-19-5-2-6-20-43)72(56)81-74(58)69(54)78)65(45-23-9-4-10-24-45)70(66)77-60-32-14-11-25-49(60)50-36-35-46(41-61(50)77)47-28-17-30-55-51-26-12-15-33-62(51)79-71(47)55/h2-41H/i2D,5D,6D,19D,20D. The molecule has 17 rings (SSSR count). The van der Waals surface area contributed by atoms with E-state index in [0.29, 0.717) is 44.9 Å². The second-order valence-electron chi connectivity index (χ2n) is 20.4. The zero-order valence-corrected chi connectivity index (χ0v) is 44.4. The number of thiophene rings is 2. The van der Waals surface area contributed by atoms with Gasteiger partial charge < -0.3 is 13.6 Å². The topological polar surface area (TPSA) is 51.1 Å². The number of fused-ring (bicyclic) bond motifs is 17. The van der Waals surface area contributed by atoms with Crippen molar-refractivity contribution in [3.8, 4) is 62.0 Å². The highest BCUT2D eigenvalue weighted by atomic mass is 32.1. The maximum Gasteiger partial charge on any atom is 0.220 e. The summed E-state index contributed by atoms with van der Waals surface area (Å²) >= 11 is 3.22. The highest BCUT2D eigenvalue weighted by molar-refractivity contribution is 7.27. The fourth-order valence-electron chi connectivity index (χ4n) is 12.9. The van der Waals surface area contributed by atoms with E-state index in [1.54, 1.807) is 11.3 Å². The number of hydrogen-bond acceptors (Lipinski definition) is 4. The maximum atomic E-state index is 12.4. The van der Waals surface area contributed by atoms with Crippen molar-refractivity contribution in [1.29, 1.82) is 5.26 Å². The Morgan fingerprint density at radius 3 is 1.78 bits per heavy atom. The highest BCUT2D eigenvalue weighted by Crippen LogP contribution is 2.55. The van der Waals surface area contributed by atoms with Crippen LogP contribution in [0.5, 0.6) is 0 Å². The normalized spacial score (nSPS) is 12.8. The lowest BCUT2D eigenvalue weighted by molar-refractivity contribution is 0.670. The zero-order chi connectivity index (χ0) is 57.8. The Kier molecular flexibility index (Phi) is 8.77. The molecule has 0 radical (unpaired) electrons. The maximum absolute atomic E-state index is 12.4. The van der Waals surface area contributed by atoms with Gasteiger partial charge in [-0.3, -0.25) is 0 Å². The predicted octanol–water partition coefficient (Wildman–Crippen LogP) is 21.6. The lowest BCUT2D eigenvalue weighted by Crippen LogP contribution is -2.09. The number of para-hydroxylation sites is 3. The molecule has 0 fully saturated rings. The first-order valence-corrected chi connectivity index (χ1v) is 28.2. The van der Waals surface area contributed by atoms with Crippen molar-refractivity contribution in [2.24, 2.45) is 0 Å². The van der Waals surface area contributed by atoms with Crippen LogP contribution in [0.15, 0.2) is 247 Å². The van der Waals surface area contributed by atoms with Crippen LogP contribution in [-0.4, -0.2) is 9.13 Å². The summed E-state index contributed by atoms with van der Waals surface area (Å²) in [6.45, 7) is 9.58. The molecule has 0 aliphatic rings. The second kappa shape index (κ2) is 17.5. The van der Waals surface area contributed by atoms with E-state index in [1.807, 2.05) is 91.0 Å². The molecule has 0 saturated heterocycles. The van der Waals surface area contributed by atoms with E-state index in [4.69, 9.17) is 8.53 Å². The molecule has 5 heterocycles. The van der Waals surface area contributed by atoms with Crippen LogP contribution < -0.4 is 0 Å². The third kappa shape index (κ3) is 6.45. The minimum absolute atomic E-state index is 0.130. The van der Waals surface area contributed by atoms with Crippen molar-refractivity contribution >= 4 is 134 Å². The third-order valence-corrected chi connectivity index (χ3v) is 18.7. The van der Waals surface area contributed by atoms with Gasteiger partial charge in [0.15, 0.2) is 0 Å². The highest BCUT2D eigenvalue weighted by Gasteiger charge is 2.33. The Labute approximate surface area is 478 Å². The molecule has 0 bridgehead atoms. The number of hydrogen-bond donors (Lipinski definition) is 0. The van der Waals surface area contributed by atoms with Gasteiger partial charge in [-0.2, -0.15) is 5.26 Å². The molecule has 7 heteroatoms. The van der Waals surface area contributed by atoms with Crippen molar-refractivity contribution < 1.29 is 11.3 Å².